The molecule has 1 rings (SSSR count). The highest BCUT2D eigenvalue weighted by atomic mass is 35.5. The van der Waals surface area contributed by atoms with E-state index in [1.165, 1.54) is 19.2 Å². The van der Waals surface area contributed by atoms with Gasteiger partial charge in [-0.05, 0) is 18.2 Å². The number of rotatable bonds is 1. The third kappa shape index (κ3) is 1.74. The molecule has 0 atom stereocenters. The number of carbonyl (C=O) groups is 1. The molecule has 4 heteroatoms. The van der Waals surface area contributed by atoms with Gasteiger partial charge in [0.15, 0.2) is 0 Å². The minimum Gasteiger partial charge on any atom is -0.355 e. The first-order valence-electron chi connectivity index (χ1n) is 3.32. The lowest BCUT2D eigenvalue weighted by molar-refractivity contribution is 0.0959. The second kappa shape index (κ2) is 3.54. The van der Waals surface area contributed by atoms with Crippen molar-refractivity contribution in [1.29, 1.82) is 0 Å². The van der Waals surface area contributed by atoms with Crippen molar-refractivity contribution in [3.63, 3.8) is 0 Å². The topological polar surface area (TPSA) is 29.1 Å². The third-order valence-electron chi connectivity index (χ3n) is 1.40. The maximum absolute atomic E-state index is 12.9. The summed E-state index contributed by atoms with van der Waals surface area (Å²) in [6, 6.07) is 3.91. The first-order valence-corrected chi connectivity index (χ1v) is 3.70. The summed E-state index contributed by atoms with van der Waals surface area (Å²) in [5, 5.41) is 2.60. The fourth-order valence-electron chi connectivity index (χ4n) is 0.808. The second-order valence-electron chi connectivity index (χ2n) is 2.20. The molecule has 0 heterocycles. The number of amides is 1. The smallest absolute Gasteiger partial charge is 0.253 e. The molecule has 0 aliphatic carbocycles. The molecule has 0 fully saturated rings. The van der Waals surface area contributed by atoms with Gasteiger partial charge >= 0.3 is 0 Å². The molecule has 1 aromatic rings. The summed E-state index contributed by atoms with van der Waals surface area (Å²) in [5.41, 5.74) is 0.00176. The Morgan fingerprint density at radius 1 is 1.58 bits per heavy atom. The molecule has 0 aliphatic rings. The first-order chi connectivity index (χ1) is 5.65. The van der Waals surface area contributed by atoms with E-state index in [1.807, 2.05) is 0 Å². The largest absolute Gasteiger partial charge is 0.355 e. The Kier molecular flexibility index (Phi) is 2.65. The zero-order valence-corrected chi connectivity index (χ0v) is 7.15. The van der Waals surface area contributed by atoms with Crippen LogP contribution in [-0.2, 0) is 0 Å². The van der Waals surface area contributed by atoms with Gasteiger partial charge in [-0.1, -0.05) is 11.6 Å². The average Bonchev–Trinajstić information content (AvgIpc) is 2.03. The van der Waals surface area contributed by atoms with Gasteiger partial charge in [0.25, 0.3) is 5.91 Å². The van der Waals surface area contributed by atoms with Crippen molar-refractivity contribution in [2.75, 3.05) is 7.05 Å². The van der Waals surface area contributed by atoms with Crippen LogP contribution < -0.4 is 5.32 Å². The Labute approximate surface area is 74.3 Å². The van der Waals surface area contributed by atoms with Crippen molar-refractivity contribution < 1.29 is 9.18 Å². The van der Waals surface area contributed by atoms with Crippen LogP contribution in [0.2, 0.25) is 5.02 Å². The van der Waals surface area contributed by atoms with Gasteiger partial charge in [-0.2, -0.15) is 0 Å². The van der Waals surface area contributed by atoms with Crippen LogP contribution in [-0.4, -0.2) is 13.0 Å². The summed E-state index contributed by atoms with van der Waals surface area (Å²) in [7, 11) is 1.44. The monoisotopic (exact) mass is 187 g/mol. The van der Waals surface area contributed by atoms with E-state index >= 15 is 0 Å². The van der Waals surface area contributed by atoms with E-state index < -0.39 is 11.7 Å². The Bertz CT molecular complexity index is 314. The normalized spacial score (nSPS) is 9.58. The van der Waals surface area contributed by atoms with Crippen LogP contribution >= 0.6 is 11.6 Å². The summed E-state index contributed by atoms with van der Waals surface area (Å²) < 4.78 is 12.9. The van der Waals surface area contributed by atoms with Gasteiger partial charge in [-0.15, -0.1) is 0 Å². The van der Waals surface area contributed by atoms with Crippen LogP contribution in [0.3, 0.4) is 0 Å². The molecule has 0 unspecified atom stereocenters. The van der Waals surface area contributed by atoms with Gasteiger partial charge in [-0.25, -0.2) is 4.39 Å². The second-order valence-corrected chi connectivity index (χ2v) is 2.64. The predicted molar refractivity (Wildman–Crippen MR) is 44.8 cm³/mol. The predicted octanol–water partition coefficient (Wildman–Crippen LogP) is 1.84. The van der Waals surface area contributed by atoms with Gasteiger partial charge in [0.2, 0.25) is 0 Å². The van der Waals surface area contributed by atoms with Crippen molar-refractivity contribution in [3.05, 3.63) is 34.6 Å². The molecule has 0 aliphatic heterocycles. The van der Waals surface area contributed by atoms with E-state index in [1.54, 1.807) is 0 Å². The van der Waals surface area contributed by atoms with Gasteiger partial charge in [-0.3, -0.25) is 4.79 Å². The molecule has 1 amide bonds. The minimum atomic E-state index is -0.609. The Balaban J connectivity index is 3.09. The van der Waals surface area contributed by atoms with Crippen LogP contribution in [0.15, 0.2) is 18.2 Å². The van der Waals surface area contributed by atoms with E-state index in [9.17, 15) is 9.18 Å². The molecule has 1 aromatic carbocycles. The summed E-state index contributed by atoms with van der Waals surface area (Å²) in [6.45, 7) is 0. The molecule has 0 saturated carbocycles. The Morgan fingerprint density at radius 2 is 2.25 bits per heavy atom. The molecular formula is C8H7ClFNO. The molecule has 0 aromatic heterocycles. The van der Waals surface area contributed by atoms with Crippen LogP contribution in [0.4, 0.5) is 4.39 Å². The molecule has 2 nitrogen and oxygen atoms in total. The van der Waals surface area contributed by atoms with Crippen LogP contribution in [0.25, 0.3) is 0 Å². The molecule has 0 saturated heterocycles. The zero-order chi connectivity index (χ0) is 9.14. The van der Waals surface area contributed by atoms with Crippen molar-refractivity contribution in [3.8, 4) is 0 Å². The van der Waals surface area contributed by atoms with Crippen molar-refractivity contribution in [2.45, 2.75) is 0 Å². The fourth-order valence-corrected chi connectivity index (χ4v) is 0.967. The molecule has 0 spiro atoms. The van der Waals surface area contributed by atoms with Crippen molar-refractivity contribution in [2.24, 2.45) is 0 Å². The summed E-state index contributed by atoms with van der Waals surface area (Å²) >= 11 is 5.49. The molecule has 0 bridgehead atoms. The average molecular weight is 188 g/mol. The lowest BCUT2D eigenvalue weighted by Crippen LogP contribution is -2.19. The number of hydrogen-bond donors (Lipinski definition) is 1. The molecule has 1 N–H and O–H groups in total. The van der Waals surface area contributed by atoms with E-state index in [0.717, 1.165) is 6.07 Å². The molecular weight excluding hydrogens is 181 g/mol. The SMILES string of the molecule is CNC(=O)c1ccc(Cl)cc1F. The minimum absolute atomic E-state index is 0.00176. The lowest BCUT2D eigenvalue weighted by Gasteiger charge is -2.00. The third-order valence-corrected chi connectivity index (χ3v) is 1.64. The van der Waals surface area contributed by atoms with Gasteiger partial charge in [0, 0.05) is 12.1 Å². The maximum Gasteiger partial charge on any atom is 0.253 e. The van der Waals surface area contributed by atoms with Crippen LogP contribution in [0.1, 0.15) is 10.4 Å². The lowest BCUT2D eigenvalue weighted by atomic mass is 10.2. The Morgan fingerprint density at radius 3 is 2.75 bits per heavy atom. The molecule has 12 heavy (non-hydrogen) atoms. The standard InChI is InChI=1S/C8H7ClFNO/c1-11-8(12)6-3-2-5(9)4-7(6)10/h2-4H,1H3,(H,11,12). The number of halogens is 2. The van der Waals surface area contributed by atoms with Crippen molar-refractivity contribution in [1.82, 2.24) is 5.32 Å². The fraction of sp³-hybridized carbons (Fsp3) is 0.125. The zero-order valence-electron chi connectivity index (χ0n) is 6.40. The summed E-state index contributed by atoms with van der Waals surface area (Å²) in [5.74, 6) is -1.06. The highest BCUT2D eigenvalue weighted by Gasteiger charge is 2.09. The van der Waals surface area contributed by atoms with Crippen LogP contribution in [0.5, 0.6) is 0 Å². The molecule has 64 valence electrons. The van der Waals surface area contributed by atoms with Gasteiger partial charge in [0.05, 0.1) is 5.56 Å². The van der Waals surface area contributed by atoms with Gasteiger partial charge < -0.3 is 5.32 Å². The molecule has 0 radical (unpaired) electrons. The van der Waals surface area contributed by atoms with E-state index in [-0.39, 0.29) is 10.6 Å². The summed E-state index contributed by atoms with van der Waals surface area (Å²) in [6.07, 6.45) is 0. The maximum atomic E-state index is 12.9. The Hall–Kier alpha value is -1.09. The highest BCUT2D eigenvalue weighted by Crippen LogP contribution is 2.14. The van der Waals surface area contributed by atoms with E-state index in [0.29, 0.717) is 0 Å². The van der Waals surface area contributed by atoms with E-state index in [2.05, 4.69) is 5.32 Å². The number of benzene rings is 1. The highest BCUT2D eigenvalue weighted by molar-refractivity contribution is 6.30. The van der Waals surface area contributed by atoms with Crippen LogP contribution in [0, 0.1) is 5.82 Å². The quantitative estimate of drug-likeness (QED) is 0.714. The summed E-state index contributed by atoms with van der Waals surface area (Å²) in [4.78, 5) is 11.0. The van der Waals surface area contributed by atoms with Crippen molar-refractivity contribution >= 4 is 17.5 Å². The number of carbonyl (C=O) groups excluding carboxylic acids is 1. The number of hydrogen-bond acceptors (Lipinski definition) is 1. The number of nitrogens with one attached hydrogen (secondary N) is 1. The van der Waals surface area contributed by atoms with Gasteiger partial charge in [0.1, 0.15) is 5.82 Å². The first kappa shape index (κ1) is 9.00. The van der Waals surface area contributed by atoms with E-state index in [4.69, 9.17) is 11.6 Å².